The molecule has 0 aliphatic rings. The number of nitrogens with one attached hydrogen (secondary N) is 1. The van der Waals surface area contributed by atoms with Gasteiger partial charge >= 0.3 is 0 Å². The molecule has 176 valence electrons. The highest BCUT2D eigenvalue weighted by atomic mass is 32.1. The molecule has 2 N–H and O–H groups in total. The van der Waals surface area contributed by atoms with Gasteiger partial charge in [-0.05, 0) is 23.3 Å². The van der Waals surface area contributed by atoms with Gasteiger partial charge in [-0.15, -0.1) is 17.9 Å². The van der Waals surface area contributed by atoms with Crippen molar-refractivity contribution in [3.8, 4) is 22.6 Å². The van der Waals surface area contributed by atoms with Crippen molar-refractivity contribution in [1.29, 1.82) is 0 Å². The Kier molecular flexibility index (Phi) is 7.42. The number of fused-ring (bicyclic) bond motifs is 1. The number of benzene rings is 2. The summed E-state index contributed by atoms with van der Waals surface area (Å²) in [4.78, 5) is 23.4. The number of methoxy groups -OCH3 is 2. The summed E-state index contributed by atoms with van der Waals surface area (Å²) < 4.78 is 10.7. The van der Waals surface area contributed by atoms with Gasteiger partial charge in [0.05, 0.1) is 32.3 Å². The van der Waals surface area contributed by atoms with Crippen LogP contribution >= 0.6 is 11.3 Å². The lowest BCUT2D eigenvalue weighted by atomic mass is 10.1. The second-order valence-electron chi connectivity index (χ2n) is 7.82. The fraction of sp³-hybridized carbons (Fsp3) is 0.231. The van der Waals surface area contributed by atoms with Crippen LogP contribution in [-0.4, -0.2) is 47.3 Å². The first kappa shape index (κ1) is 23.7. The number of aliphatic hydroxyl groups excluding tert-OH is 1. The molecular formula is C26H27N3O4S. The van der Waals surface area contributed by atoms with E-state index in [1.807, 2.05) is 58.8 Å². The summed E-state index contributed by atoms with van der Waals surface area (Å²) in [6.07, 6.45) is 1.12. The second kappa shape index (κ2) is 10.6. The van der Waals surface area contributed by atoms with Crippen molar-refractivity contribution in [2.45, 2.75) is 12.6 Å². The van der Waals surface area contributed by atoms with Crippen LogP contribution in [-0.2, 0) is 6.54 Å². The van der Waals surface area contributed by atoms with Gasteiger partial charge in [-0.1, -0.05) is 42.5 Å². The Balaban J connectivity index is 1.61. The van der Waals surface area contributed by atoms with Gasteiger partial charge in [0.1, 0.15) is 10.7 Å². The average Bonchev–Trinajstić information content (AvgIpc) is 3.29. The van der Waals surface area contributed by atoms with Crippen LogP contribution in [0.3, 0.4) is 0 Å². The zero-order valence-electron chi connectivity index (χ0n) is 19.2. The van der Waals surface area contributed by atoms with Crippen molar-refractivity contribution in [2.75, 3.05) is 27.3 Å². The van der Waals surface area contributed by atoms with Gasteiger partial charge in [0.25, 0.3) is 5.56 Å². The molecule has 1 unspecified atom stereocenters. The highest BCUT2D eigenvalue weighted by Crippen LogP contribution is 2.36. The molecule has 0 radical (unpaired) electrons. The number of thiophene rings is 1. The fourth-order valence-electron chi connectivity index (χ4n) is 3.91. The summed E-state index contributed by atoms with van der Waals surface area (Å²) in [5.41, 5.74) is 2.28. The number of H-pyrrole nitrogens is 1. The summed E-state index contributed by atoms with van der Waals surface area (Å²) in [6.45, 7) is 5.14. The molecule has 7 nitrogen and oxygen atoms in total. The van der Waals surface area contributed by atoms with Crippen LogP contribution in [0.1, 0.15) is 17.5 Å². The molecule has 0 aliphatic carbocycles. The highest BCUT2D eigenvalue weighted by molar-refractivity contribution is 7.17. The van der Waals surface area contributed by atoms with E-state index in [-0.39, 0.29) is 5.56 Å². The molecule has 8 heteroatoms. The molecule has 1 atom stereocenters. The van der Waals surface area contributed by atoms with Crippen LogP contribution in [0.25, 0.3) is 21.3 Å². The van der Waals surface area contributed by atoms with Gasteiger partial charge in [0.15, 0.2) is 11.5 Å². The summed E-state index contributed by atoms with van der Waals surface area (Å²) in [7, 11) is 3.17. The van der Waals surface area contributed by atoms with E-state index < -0.39 is 6.10 Å². The van der Waals surface area contributed by atoms with Crippen LogP contribution in [0, 0.1) is 0 Å². The van der Waals surface area contributed by atoms with Crippen LogP contribution in [0.15, 0.2) is 71.4 Å². The van der Waals surface area contributed by atoms with E-state index in [0.29, 0.717) is 47.2 Å². The van der Waals surface area contributed by atoms with Crippen LogP contribution in [0.4, 0.5) is 0 Å². The van der Waals surface area contributed by atoms with Gasteiger partial charge < -0.3 is 19.6 Å². The second-order valence-corrected chi connectivity index (χ2v) is 8.68. The molecule has 0 fully saturated rings. The van der Waals surface area contributed by atoms with Gasteiger partial charge in [-0.2, -0.15) is 0 Å². The minimum atomic E-state index is -0.657. The van der Waals surface area contributed by atoms with Gasteiger partial charge in [-0.3, -0.25) is 9.69 Å². The predicted octanol–water partition coefficient (Wildman–Crippen LogP) is 4.39. The highest BCUT2D eigenvalue weighted by Gasteiger charge is 2.18. The Labute approximate surface area is 201 Å². The number of aromatic amines is 1. The maximum absolute atomic E-state index is 13.1. The first-order valence-corrected chi connectivity index (χ1v) is 11.7. The van der Waals surface area contributed by atoms with Crippen molar-refractivity contribution in [3.05, 3.63) is 88.3 Å². The molecule has 0 bridgehead atoms. The summed E-state index contributed by atoms with van der Waals surface area (Å²) in [5, 5.41) is 13.1. The van der Waals surface area contributed by atoms with Crippen molar-refractivity contribution < 1.29 is 14.6 Å². The third-order valence-electron chi connectivity index (χ3n) is 5.56. The lowest BCUT2D eigenvalue weighted by Gasteiger charge is -2.23. The molecule has 34 heavy (non-hydrogen) atoms. The summed E-state index contributed by atoms with van der Waals surface area (Å²) in [5.74, 6) is 1.76. The summed E-state index contributed by atoms with van der Waals surface area (Å²) in [6, 6.07) is 15.1. The normalized spacial score (nSPS) is 12.1. The molecule has 0 saturated heterocycles. The Morgan fingerprint density at radius 3 is 2.65 bits per heavy atom. The maximum atomic E-state index is 13.1. The number of aromatic nitrogens is 2. The van der Waals surface area contributed by atoms with E-state index in [1.165, 1.54) is 11.3 Å². The van der Waals surface area contributed by atoms with E-state index >= 15 is 0 Å². The van der Waals surface area contributed by atoms with Crippen molar-refractivity contribution >= 4 is 21.6 Å². The molecule has 4 aromatic rings. The van der Waals surface area contributed by atoms with E-state index in [9.17, 15) is 9.90 Å². The molecule has 0 spiro atoms. The van der Waals surface area contributed by atoms with Gasteiger partial charge in [0, 0.05) is 24.0 Å². The quantitative estimate of drug-likeness (QED) is 0.330. The number of aliphatic hydroxyl groups is 1. The zero-order valence-corrected chi connectivity index (χ0v) is 20.0. The molecule has 2 aromatic heterocycles. The maximum Gasteiger partial charge on any atom is 0.260 e. The lowest BCUT2D eigenvalue weighted by molar-refractivity contribution is 0.114. The minimum absolute atomic E-state index is 0.201. The Bertz CT molecular complexity index is 1330. The van der Waals surface area contributed by atoms with Gasteiger partial charge in [-0.25, -0.2) is 4.98 Å². The van der Waals surface area contributed by atoms with Crippen molar-refractivity contribution in [1.82, 2.24) is 14.9 Å². The third kappa shape index (κ3) is 5.04. The Hall–Kier alpha value is -3.46. The van der Waals surface area contributed by atoms with Crippen LogP contribution in [0.5, 0.6) is 11.5 Å². The number of rotatable bonds is 10. The summed E-state index contributed by atoms with van der Waals surface area (Å²) >= 11 is 1.42. The molecular weight excluding hydrogens is 450 g/mol. The molecule has 0 saturated carbocycles. The zero-order chi connectivity index (χ0) is 24.1. The number of ether oxygens (including phenoxy) is 2. The molecule has 0 aliphatic heterocycles. The first-order valence-electron chi connectivity index (χ1n) is 10.8. The fourth-order valence-corrected chi connectivity index (χ4v) is 4.87. The predicted molar refractivity (Wildman–Crippen MR) is 136 cm³/mol. The van der Waals surface area contributed by atoms with E-state index in [2.05, 4.69) is 11.6 Å². The van der Waals surface area contributed by atoms with Crippen molar-refractivity contribution in [2.24, 2.45) is 0 Å². The molecule has 2 aromatic carbocycles. The monoisotopic (exact) mass is 477 g/mol. The SMILES string of the molecule is C=CCN(Cc1nc2scc(-c3ccc(OC)c(OC)c3)c2c(=O)[nH]1)CC(O)c1ccccc1. The number of hydrogen-bond donors (Lipinski definition) is 2. The largest absolute Gasteiger partial charge is 0.493 e. The third-order valence-corrected chi connectivity index (χ3v) is 6.44. The first-order chi connectivity index (χ1) is 16.5. The lowest BCUT2D eigenvalue weighted by Crippen LogP contribution is -2.30. The topological polar surface area (TPSA) is 87.7 Å². The van der Waals surface area contributed by atoms with E-state index in [0.717, 1.165) is 16.7 Å². The smallest absolute Gasteiger partial charge is 0.260 e. The number of hydrogen-bond acceptors (Lipinski definition) is 7. The minimum Gasteiger partial charge on any atom is -0.493 e. The van der Waals surface area contributed by atoms with Crippen LogP contribution < -0.4 is 15.0 Å². The van der Waals surface area contributed by atoms with E-state index in [1.54, 1.807) is 20.3 Å². The average molecular weight is 478 g/mol. The molecule has 4 rings (SSSR count). The van der Waals surface area contributed by atoms with Crippen LogP contribution in [0.2, 0.25) is 0 Å². The Morgan fingerprint density at radius 1 is 1.18 bits per heavy atom. The van der Waals surface area contributed by atoms with Crippen molar-refractivity contribution in [3.63, 3.8) is 0 Å². The standard InChI is InChI=1S/C26H27N3O4S/c1-4-12-29(14-20(30)17-8-6-5-7-9-17)15-23-27-25(31)24-19(16-34-26(24)28-23)18-10-11-21(32-2)22(13-18)33-3/h4-11,13,16,20,30H,1,12,14-15H2,2-3H3,(H,27,28,31). The van der Waals surface area contributed by atoms with E-state index in [4.69, 9.17) is 14.5 Å². The van der Waals surface area contributed by atoms with Gasteiger partial charge in [0.2, 0.25) is 0 Å². The molecule has 0 amide bonds. The Morgan fingerprint density at radius 2 is 1.94 bits per heavy atom. The molecule has 2 heterocycles. The number of nitrogens with zero attached hydrogens (tertiary/aromatic N) is 2.